The van der Waals surface area contributed by atoms with E-state index in [-0.39, 0.29) is 24.4 Å². The van der Waals surface area contributed by atoms with Crippen molar-refractivity contribution in [3.05, 3.63) is 59.7 Å². The van der Waals surface area contributed by atoms with E-state index in [9.17, 15) is 4.79 Å². The second kappa shape index (κ2) is 12.3. The quantitative estimate of drug-likeness (QED) is 0.606. The number of ether oxygens (including phenoxy) is 2. The molecule has 1 amide bonds. The lowest BCUT2D eigenvalue weighted by Crippen LogP contribution is -2.35. The Hall–Kier alpha value is -2.24. The molecule has 2 atom stereocenters. The van der Waals surface area contributed by atoms with E-state index in [2.05, 4.69) is 19.2 Å². The molecule has 2 aromatic carbocycles. The van der Waals surface area contributed by atoms with E-state index in [1.165, 1.54) is 0 Å². The number of halogens is 1. The fraction of sp³-hybridized carbons (Fsp3) is 0.409. The van der Waals surface area contributed by atoms with Gasteiger partial charge in [-0.05, 0) is 43.0 Å². The van der Waals surface area contributed by atoms with Crippen molar-refractivity contribution in [2.24, 2.45) is 5.73 Å². The van der Waals surface area contributed by atoms with Crippen molar-refractivity contribution >= 4 is 18.3 Å². The van der Waals surface area contributed by atoms with Crippen molar-refractivity contribution in [3.8, 4) is 11.5 Å². The average molecular weight is 407 g/mol. The Morgan fingerprint density at radius 3 is 2.18 bits per heavy atom. The molecule has 0 radical (unpaired) electrons. The molecule has 0 heterocycles. The van der Waals surface area contributed by atoms with Crippen LogP contribution in [0, 0.1) is 0 Å². The van der Waals surface area contributed by atoms with Crippen LogP contribution in [0.2, 0.25) is 0 Å². The van der Waals surface area contributed by atoms with E-state index < -0.39 is 6.04 Å². The molecule has 0 spiro atoms. The Morgan fingerprint density at radius 1 is 0.964 bits per heavy atom. The molecule has 154 valence electrons. The highest BCUT2D eigenvalue weighted by Gasteiger charge is 2.19. The zero-order chi connectivity index (χ0) is 19.6. The minimum atomic E-state index is -0.698. The molecule has 0 bridgehead atoms. The number of hydrogen-bond donors (Lipinski definition) is 2. The van der Waals surface area contributed by atoms with Gasteiger partial charge in [0.25, 0.3) is 0 Å². The van der Waals surface area contributed by atoms with Crippen molar-refractivity contribution in [2.45, 2.75) is 45.7 Å². The van der Waals surface area contributed by atoms with Gasteiger partial charge in [-0.3, -0.25) is 4.79 Å². The molecule has 5 nitrogen and oxygen atoms in total. The summed E-state index contributed by atoms with van der Waals surface area (Å²) >= 11 is 0. The number of carbonyl (C=O) groups excluding carboxylic acids is 1. The number of nitrogens with two attached hydrogens (primary N) is 1. The van der Waals surface area contributed by atoms with Crippen LogP contribution in [0.3, 0.4) is 0 Å². The van der Waals surface area contributed by atoms with Gasteiger partial charge in [0.05, 0.1) is 19.3 Å². The van der Waals surface area contributed by atoms with Crippen LogP contribution >= 0.6 is 12.4 Å². The number of rotatable bonds is 10. The Morgan fingerprint density at radius 2 is 1.57 bits per heavy atom. The normalized spacial score (nSPS) is 12.4. The summed E-state index contributed by atoms with van der Waals surface area (Å²) in [6.45, 7) is 7.31. The van der Waals surface area contributed by atoms with Gasteiger partial charge < -0.3 is 20.5 Å². The minimum Gasteiger partial charge on any atom is -0.490 e. The number of nitrogens with one attached hydrogen (secondary N) is 1. The van der Waals surface area contributed by atoms with E-state index in [1.807, 2.05) is 55.5 Å². The first-order valence-corrected chi connectivity index (χ1v) is 9.57. The van der Waals surface area contributed by atoms with Gasteiger partial charge in [-0.2, -0.15) is 0 Å². The SMILES string of the molecule is CCCOc1ccc(C(C)NC(=O)C(N)c2ccccc2)cc1OCCC.Cl. The molecule has 2 aromatic rings. The van der Waals surface area contributed by atoms with E-state index in [4.69, 9.17) is 15.2 Å². The molecule has 0 aliphatic carbocycles. The Kier molecular flexibility index (Phi) is 10.4. The zero-order valence-corrected chi connectivity index (χ0v) is 17.6. The van der Waals surface area contributed by atoms with Gasteiger partial charge in [-0.25, -0.2) is 0 Å². The van der Waals surface area contributed by atoms with Gasteiger partial charge in [0.2, 0.25) is 5.91 Å². The van der Waals surface area contributed by atoms with Gasteiger partial charge >= 0.3 is 0 Å². The summed E-state index contributed by atoms with van der Waals surface area (Å²) in [5.41, 5.74) is 7.82. The molecule has 0 fully saturated rings. The Balaban J connectivity index is 0.00000392. The number of amides is 1. The van der Waals surface area contributed by atoms with Crippen LogP contribution in [0.15, 0.2) is 48.5 Å². The van der Waals surface area contributed by atoms with Crippen molar-refractivity contribution in [3.63, 3.8) is 0 Å². The summed E-state index contributed by atoms with van der Waals surface area (Å²) < 4.78 is 11.6. The van der Waals surface area contributed by atoms with E-state index in [0.717, 1.165) is 29.7 Å². The van der Waals surface area contributed by atoms with Crippen LogP contribution in [-0.2, 0) is 4.79 Å². The van der Waals surface area contributed by atoms with Crippen molar-refractivity contribution < 1.29 is 14.3 Å². The molecule has 0 aromatic heterocycles. The molecule has 2 rings (SSSR count). The third kappa shape index (κ3) is 6.73. The predicted octanol–water partition coefficient (Wildman–Crippen LogP) is 4.56. The summed E-state index contributed by atoms with van der Waals surface area (Å²) in [5, 5.41) is 2.98. The first kappa shape index (κ1) is 23.8. The van der Waals surface area contributed by atoms with Crippen molar-refractivity contribution in [1.29, 1.82) is 0 Å². The standard InChI is InChI=1S/C22H30N2O3.ClH/c1-4-13-26-19-12-11-18(15-20(19)27-14-5-2)16(3)24-22(25)21(23)17-9-7-6-8-10-17;/h6-12,15-16,21H,4-5,13-14,23H2,1-3H3,(H,24,25);1H. The van der Waals surface area contributed by atoms with Gasteiger partial charge in [0.15, 0.2) is 11.5 Å². The van der Waals surface area contributed by atoms with Crippen molar-refractivity contribution in [1.82, 2.24) is 5.32 Å². The molecule has 0 saturated carbocycles. The van der Waals surface area contributed by atoms with E-state index in [1.54, 1.807) is 0 Å². The summed E-state index contributed by atoms with van der Waals surface area (Å²) in [5.74, 6) is 1.22. The van der Waals surface area contributed by atoms with Gasteiger partial charge in [0, 0.05) is 0 Å². The van der Waals surface area contributed by atoms with Crippen LogP contribution in [0.4, 0.5) is 0 Å². The summed E-state index contributed by atoms with van der Waals surface area (Å²) in [7, 11) is 0. The first-order chi connectivity index (χ1) is 13.1. The lowest BCUT2D eigenvalue weighted by atomic mass is 10.0. The molecule has 0 saturated heterocycles. The molecule has 0 aliphatic heterocycles. The molecule has 0 aliphatic rings. The maximum absolute atomic E-state index is 12.5. The summed E-state index contributed by atoms with van der Waals surface area (Å²) in [4.78, 5) is 12.5. The molecule has 3 N–H and O–H groups in total. The fourth-order valence-electron chi connectivity index (χ4n) is 2.65. The minimum absolute atomic E-state index is 0. The molecule has 28 heavy (non-hydrogen) atoms. The first-order valence-electron chi connectivity index (χ1n) is 9.57. The summed E-state index contributed by atoms with van der Waals surface area (Å²) in [6, 6.07) is 14.2. The van der Waals surface area contributed by atoms with Crippen LogP contribution in [0.25, 0.3) is 0 Å². The monoisotopic (exact) mass is 406 g/mol. The molecule has 6 heteroatoms. The van der Waals surface area contributed by atoms with E-state index in [0.29, 0.717) is 19.0 Å². The Bertz CT molecular complexity index is 725. The lowest BCUT2D eigenvalue weighted by molar-refractivity contribution is -0.123. The second-order valence-electron chi connectivity index (χ2n) is 6.52. The topological polar surface area (TPSA) is 73.6 Å². The van der Waals surface area contributed by atoms with Crippen LogP contribution in [0.5, 0.6) is 11.5 Å². The molecular formula is C22H31ClN2O3. The van der Waals surface area contributed by atoms with Crippen LogP contribution < -0.4 is 20.5 Å². The van der Waals surface area contributed by atoms with Gasteiger partial charge in [0.1, 0.15) is 6.04 Å². The predicted molar refractivity (Wildman–Crippen MR) is 115 cm³/mol. The molecular weight excluding hydrogens is 376 g/mol. The van der Waals surface area contributed by atoms with Gasteiger partial charge in [-0.15, -0.1) is 12.4 Å². The van der Waals surface area contributed by atoms with Crippen LogP contribution in [-0.4, -0.2) is 19.1 Å². The highest BCUT2D eigenvalue weighted by Crippen LogP contribution is 2.31. The highest BCUT2D eigenvalue weighted by molar-refractivity contribution is 5.85. The highest BCUT2D eigenvalue weighted by atomic mass is 35.5. The third-order valence-corrected chi connectivity index (χ3v) is 4.19. The average Bonchev–Trinajstić information content (AvgIpc) is 2.70. The number of benzene rings is 2. The number of carbonyl (C=O) groups is 1. The van der Waals surface area contributed by atoms with E-state index >= 15 is 0 Å². The zero-order valence-electron chi connectivity index (χ0n) is 16.8. The van der Waals surface area contributed by atoms with Crippen molar-refractivity contribution in [2.75, 3.05) is 13.2 Å². The van der Waals surface area contributed by atoms with Crippen LogP contribution in [0.1, 0.15) is 56.8 Å². The fourth-order valence-corrected chi connectivity index (χ4v) is 2.65. The Labute approximate surface area is 174 Å². The second-order valence-corrected chi connectivity index (χ2v) is 6.52. The maximum atomic E-state index is 12.5. The van der Waals surface area contributed by atoms with Gasteiger partial charge in [-0.1, -0.05) is 50.2 Å². The smallest absolute Gasteiger partial charge is 0.241 e. The molecule has 2 unspecified atom stereocenters. The summed E-state index contributed by atoms with van der Waals surface area (Å²) in [6.07, 6.45) is 1.84. The largest absolute Gasteiger partial charge is 0.490 e. The maximum Gasteiger partial charge on any atom is 0.241 e. The third-order valence-electron chi connectivity index (χ3n) is 4.19. The lowest BCUT2D eigenvalue weighted by Gasteiger charge is -2.20. The number of hydrogen-bond acceptors (Lipinski definition) is 4.